The Labute approximate surface area is 166 Å². The summed E-state index contributed by atoms with van der Waals surface area (Å²) >= 11 is 1.59. The van der Waals surface area contributed by atoms with Gasteiger partial charge >= 0.3 is 0 Å². The van der Waals surface area contributed by atoms with Crippen molar-refractivity contribution in [3.63, 3.8) is 0 Å². The molecule has 0 atom stereocenters. The lowest BCUT2D eigenvalue weighted by Gasteiger charge is -2.21. The number of thiazole rings is 1. The van der Waals surface area contributed by atoms with Crippen LogP contribution in [-0.4, -0.2) is 39.6 Å². The van der Waals surface area contributed by atoms with Crippen LogP contribution >= 0.6 is 11.3 Å². The first-order valence-electron chi connectivity index (χ1n) is 9.28. The van der Waals surface area contributed by atoms with Gasteiger partial charge in [0.1, 0.15) is 6.61 Å². The van der Waals surface area contributed by atoms with Gasteiger partial charge in [0, 0.05) is 29.8 Å². The standard InChI is InChI=1S/C20H20N6OS/c1-12-23-11-16(28-12)18-25-19(17-20(26-18)22-8-9-27-17)21-7-6-13-10-24-15-5-3-2-4-14(13)15/h2-5,10-11,24H,6-9H2,1H3,(H2,21,22,25,26). The highest BCUT2D eigenvalue weighted by Crippen LogP contribution is 2.35. The summed E-state index contributed by atoms with van der Waals surface area (Å²) in [6, 6.07) is 8.35. The topological polar surface area (TPSA) is 87.8 Å². The predicted octanol–water partition coefficient (Wildman–Crippen LogP) is 3.85. The number of aryl methyl sites for hydroxylation is 1. The number of ether oxygens (including phenoxy) is 1. The molecule has 4 aromatic rings. The Morgan fingerprint density at radius 2 is 2.18 bits per heavy atom. The Bertz CT molecular complexity index is 1130. The molecular weight excluding hydrogens is 372 g/mol. The minimum atomic E-state index is 0.604. The Morgan fingerprint density at radius 1 is 1.25 bits per heavy atom. The molecule has 1 aromatic carbocycles. The van der Waals surface area contributed by atoms with Crippen LogP contribution in [0.5, 0.6) is 5.75 Å². The lowest BCUT2D eigenvalue weighted by Crippen LogP contribution is -2.21. The Kier molecular flexibility index (Phi) is 4.32. The molecule has 0 bridgehead atoms. The molecular formula is C20H20N6OS. The third-order valence-electron chi connectivity index (χ3n) is 4.71. The molecule has 28 heavy (non-hydrogen) atoms. The minimum Gasteiger partial charge on any atom is -0.485 e. The van der Waals surface area contributed by atoms with E-state index in [-0.39, 0.29) is 0 Å². The van der Waals surface area contributed by atoms with Crippen LogP contribution in [0.2, 0.25) is 0 Å². The average molecular weight is 392 g/mol. The summed E-state index contributed by atoms with van der Waals surface area (Å²) in [7, 11) is 0. The van der Waals surface area contributed by atoms with E-state index in [1.807, 2.05) is 19.2 Å². The number of fused-ring (bicyclic) bond motifs is 2. The van der Waals surface area contributed by atoms with E-state index in [1.165, 1.54) is 10.9 Å². The highest BCUT2D eigenvalue weighted by molar-refractivity contribution is 7.14. The van der Waals surface area contributed by atoms with Crippen molar-refractivity contribution in [2.45, 2.75) is 13.3 Å². The molecule has 8 heteroatoms. The van der Waals surface area contributed by atoms with E-state index in [1.54, 1.807) is 11.3 Å². The number of anilines is 2. The predicted molar refractivity (Wildman–Crippen MR) is 112 cm³/mol. The molecule has 5 rings (SSSR count). The van der Waals surface area contributed by atoms with Gasteiger partial charge < -0.3 is 20.4 Å². The number of aromatic nitrogens is 4. The van der Waals surface area contributed by atoms with Gasteiger partial charge in [0.25, 0.3) is 0 Å². The van der Waals surface area contributed by atoms with E-state index in [0.29, 0.717) is 18.2 Å². The molecule has 0 aliphatic carbocycles. The number of nitrogens with one attached hydrogen (secondary N) is 3. The molecule has 0 saturated carbocycles. The summed E-state index contributed by atoms with van der Waals surface area (Å²) in [5.41, 5.74) is 2.44. The second-order valence-corrected chi connectivity index (χ2v) is 7.86. The fraction of sp³-hybridized carbons (Fsp3) is 0.250. The van der Waals surface area contributed by atoms with E-state index in [0.717, 1.165) is 46.5 Å². The summed E-state index contributed by atoms with van der Waals surface area (Å²) in [6.45, 7) is 4.07. The quantitative estimate of drug-likeness (QED) is 0.478. The van der Waals surface area contributed by atoms with Crippen molar-refractivity contribution in [2.75, 3.05) is 30.3 Å². The monoisotopic (exact) mass is 392 g/mol. The third kappa shape index (κ3) is 3.16. The molecule has 142 valence electrons. The largest absolute Gasteiger partial charge is 0.485 e. The van der Waals surface area contributed by atoms with Crippen molar-refractivity contribution in [2.24, 2.45) is 0 Å². The summed E-state index contributed by atoms with van der Waals surface area (Å²) in [5, 5.41) is 9.01. The van der Waals surface area contributed by atoms with Gasteiger partial charge in [-0.15, -0.1) is 11.3 Å². The van der Waals surface area contributed by atoms with Gasteiger partial charge in [0.05, 0.1) is 16.4 Å². The van der Waals surface area contributed by atoms with Crippen molar-refractivity contribution >= 4 is 33.9 Å². The van der Waals surface area contributed by atoms with Crippen molar-refractivity contribution in [1.29, 1.82) is 0 Å². The maximum absolute atomic E-state index is 5.84. The van der Waals surface area contributed by atoms with E-state index in [2.05, 4.69) is 50.0 Å². The van der Waals surface area contributed by atoms with Gasteiger partial charge in [-0.05, 0) is 25.0 Å². The lowest BCUT2D eigenvalue weighted by molar-refractivity contribution is 0.321. The van der Waals surface area contributed by atoms with E-state index in [9.17, 15) is 0 Å². The van der Waals surface area contributed by atoms with Crippen molar-refractivity contribution in [1.82, 2.24) is 19.9 Å². The minimum absolute atomic E-state index is 0.604. The summed E-state index contributed by atoms with van der Waals surface area (Å²) in [6.07, 6.45) is 4.78. The van der Waals surface area contributed by atoms with Crippen LogP contribution in [0.15, 0.2) is 36.7 Å². The van der Waals surface area contributed by atoms with Crippen LogP contribution in [0.4, 0.5) is 11.6 Å². The molecule has 0 spiro atoms. The summed E-state index contributed by atoms with van der Waals surface area (Å²) in [5.74, 6) is 2.81. The molecule has 3 N–H and O–H groups in total. The van der Waals surface area contributed by atoms with Gasteiger partial charge in [0.15, 0.2) is 17.5 Å². The van der Waals surface area contributed by atoms with E-state index >= 15 is 0 Å². The maximum Gasteiger partial charge on any atom is 0.204 e. The van der Waals surface area contributed by atoms with Crippen LogP contribution in [0.25, 0.3) is 21.6 Å². The molecule has 4 heterocycles. The Hall–Kier alpha value is -3.13. The first-order valence-corrected chi connectivity index (χ1v) is 10.1. The SMILES string of the molecule is Cc1ncc(-c2nc3c(c(NCCc4c[nH]c5ccccc45)n2)OCCN3)s1. The number of hydrogen-bond donors (Lipinski definition) is 3. The van der Waals surface area contributed by atoms with Crippen LogP contribution in [0.3, 0.4) is 0 Å². The molecule has 7 nitrogen and oxygen atoms in total. The molecule has 0 fully saturated rings. The highest BCUT2D eigenvalue weighted by atomic mass is 32.1. The van der Waals surface area contributed by atoms with Gasteiger partial charge in [-0.3, -0.25) is 0 Å². The lowest BCUT2D eigenvalue weighted by atomic mass is 10.1. The first-order chi connectivity index (χ1) is 13.8. The number of para-hydroxylation sites is 1. The normalized spacial score (nSPS) is 13.0. The maximum atomic E-state index is 5.84. The smallest absolute Gasteiger partial charge is 0.204 e. The fourth-order valence-electron chi connectivity index (χ4n) is 3.38. The zero-order valence-corrected chi connectivity index (χ0v) is 16.3. The van der Waals surface area contributed by atoms with Crippen LogP contribution < -0.4 is 15.4 Å². The van der Waals surface area contributed by atoms with Crippen LogP contribution in [0, 0.1) is 6.92 Å². The van der Waals surface area contributed by atoms with Crippen molar-refractivity contribution < 1.29 is 4.74 Å². The van der Waals surface area contributed by atoms with Crippen molar-refractivity contribution in [3.05, 3.63) is 47.2 Å². The molecule has 1 aliphatic rings. The summed E-state index contributed by atoms with van der Waals surface area (Å²) < 4.78 is 5.84. The Balaban J connectivity index is 1.40. The number of benzene rings is 1. The second kappa shape index (κ2) is 7.12. The van der Waals surface area contributed by atoms with Gasteiger partial charge in [0.2, 0.25) is 5.75 Å². The average Bonchev–Trinajstić information content (AvgIpc) is 3.34. The van der Waals surface area contributed by atoms with Gasteiger partial charge in [-0.2, -0.15) is 0 Å². The number of H-pyrrole nitrogens is 1. The first kappa shape index (κ1) is 17.0. The Morgan fingerprint density at radius 3 is 3.07 bits per heavy atom. The number of nitrogens with zero attached hydrogens (tertiary/aromatic N) is 3. The van der Waals surface area contributed by atoms with E-state index in [4.69, 9.17) is 9.72 Å². The number of aromatic amines is 1. The molecule has 0 unspecified atom stereocenters. The van der Waals surface area contributed by atoms with Crippen LogP contribution in [0.1, 0.15) is 10.6 Å². The molecule has 0 amide bonds. The summed E-state index contributed by atoms with van der Waals surface area (Å²) in [4.78, 5) is 18.0. The zero-order valence-electron chi connectivity index (χ0n) is 15.5. The second-order valence-electron chi connectivity index (χ2n) is 6.63. The van der Waals surface area contributed by atoms with Gasteiger partial charge in [-0.1, -0.05) is 18.2 Å². The zero-order chi connectivity index (χ0) is 18.9. The van der Waals surface area contributed by atoms with E-state index < -0.39 is 0 Å². The van der Waals surface area contributed by atoms with Gasteiger partial charge in [-0.25, -0.2) is 15.0 Å². The van der Waals surface area contributed by atoms with Crippen molar-refractivity contribution in [3.8, 4) is 16.5 Å². The van der Waals surface area contributed by atoms with Crippen LogP contribution in [-0.2, 0) is 6.42 Å². The number of hydrogen-bond acceptors (Lipinski definition) is 7. The third-order valence-corrected chi connectivity index (χ3v) is 5.62. The molecule has 0 saturated heterocycles. The molecule has 0 radical (unpaired) electrons. The number of rotatable bonds is 5. The molecule has 1 aliphatic heterocycles. The fourth-order valence-corrected chi connectivity index (χ4v) is 4.09. The molecule has 3 aromatic heterocycles. The highest BCUT2D eigenvalue weighted by Gasteiger charge is 2.20.